The number of nitrogens with zero attached hydrogens (tertiary/aromatic N) is 3. The number of nitrogens with one attached hydrogen (secondary N) is 3. The van der Waals surface area contributed by atoms with Crippen LogP contribution in [0.3, 0.4) is 0 Å². The van der Waals surface area contributed by atoms with Crippen LogP contribution in [0.25, 0.3) is 10.9 Å². The van der Waals surface area contributed by atoms with Crippen LogP contribution in [0.4, 0.5) is 19.0 Å². The van der Waals surface area contributed by atoms with Crippen molar-refractivity contribution < 1.29 is 13.2 Å². The van der Waals surface area contributed by atoms with Gasteiger partial charge in [-0.05, 0) is 55.9 Å². The lowest BCUT2D eigenvalue weighted by Gasteiger charge is -2.33. The number of rotatable bonds is 7. The van der Waals surface area contributed by atoms with Crippen LogP contribution in [0, 0.1) is 18.3 Å². The number of H-pyrrole nitrogens is 2. The molecule has 0 aliphatic carbocycles. The Kier molecular flexibility index (Phi) is 6.93. The first-order valence-electron chi connectivity index (χ1n) is 11.4. The van der Waals surface area contributed by atoms with Crippen molar-refractivity contribution in [3.8, 4) is 6.07 Å². The minimum absolute atomic E-state index is 0.0505. The van der Waals surface area contributed by atoms with Gasteiger partial charge in [0.1, 0.15) is 17.6 Å². The van der Waals surface area contributed by atoms with Crippen LogP contribution in [0.1, 0.15) is 48.1 Å². The number of aryl methyl sites for hydroxylation is 2. The van der Waals surface area contributed by atoms with Crippen molar-refractivity contribution in [1.29, 1.82) is 5.26 Å². The lowest BCUT2D eigenvalue weighted by molar-refractivity contribution is -0.135. The van der Waals surface area contributed by atoms with E-state index in [2.05, 4.69) is 44.2 Å². The summed E-state index contributed by atoms with van der Waals surface area (Å²) in [4.78, 5) is 23.5. The Balaban J connectivity index is 1.35. The van der Waals surface area contributed by atoms with Crippen molar-refractivity contribution in [1.82, 2.24) is 19.9 Å². The fraction of sp³-hybridized carbons (Fsp3) is 0.458. The SMILES string of the molecule is Cc1c(CN2CCC(Nc3[nH]c(=O)ncc3CCCC(F)(F)F)CC2)ccc2[nH]c(C#N)cc12. The molecule has 0 saturated carbocycles. The number of fused-ring (bicyclic) bond motifs is 1. The molecule has 3 aromatic rings. The number of benzene rings is 1. The van der Waals surface area contributed by atoms with Crippen LogP contribution in [0.5, 0.6) is 0 Å². The molecular weight excluding hydrogens is 445 g/mol. The fourth-order valence-electron chi connectivity index (χ4n) is 4.52. The molecule has 0 amide bonds. The summed E-state index contributed by atoms with van der Waals surface area (Å²) in [5, 5.41) is 13.5. The third-order valence-corrected chi connectivity index (χ3v) is 6.43. The number of anilines is 1. The van der Waals surface area contributed by atoms with Crippen molar-refractivity contribution in [2.24, 2.45) is 0 Å². The summed E-state index contributed by atoms with van der Waals surface area (Å²) in [5.41, 5.74) is 3.96. The normalized spacial score (nSPS) is 15.5. The van der Waals surface area contributed by atoms with Crippen molar-refractivity contribution in [2.75, 3.05) is 18.4 Å². The molecule has 0 bridgehead atoms. The Labute approximate surface area is 195 Å². The summed E-state index contributed by atoms with van der Waals surface area (Å²) in [7, 11) is 0. The smallest absolute Gasteiger partial charge is 0.368 e. The van der Waals surface area contributed by atoms with E-state index in [4.69, 9.17) is 5.26 Å². The van der Waals surface area contributed by atoms with Gasteiger partial charge in [-0.15, -0.1) is 0 Å². The van der Waals surface area contributed by atoms with Gasteiger partial charge in [-0.3, -0.25) is 9.88 Å². The summed E-state index contributed by atoms with van der Waals surface area (Å²) < 4.78 is 37.5. The van der Waals surface area contributed by atoms with E-state index in [9.17, 15) is 18.0 Å². The van der Waals surface area contributed by atoms with Gasteiger partial charge in [-0.2, -0.15) is 18.4 Å². The van der Waals surface area contributed by atoms with Crippen LogP contribution in [-0.2, 0) is 13.0 Å². The number of hydrogen-bond acceptors (Lipinski definition) is 5. The van der Waals surface area contributed by atoms with Crippen molar-refractivity contribution in [3.63, 3.8) is 0 Å². The van der Waals surface area contributed by atoms with Gasteiger partial charge in [0, 0.05) is 54.8 Å². The number of aromatic nitrogens is 3. The van der Waals surface area contributed by atoms with Gasteiger partial charge in [0.25, 0.3) is 0 Å². The van der Waals surface area contributed by atoms with Gasteiger partial charge < -0.3 is 10.3 Å². The highest BCUT2D eigenvalue weighted by atomic mass is 19.4. The molecule has 1 fully saturated rings. The van der Waals surface area contributed by atoms with E-state index in [0.717, 1.165) is 48.9 Å². The maximum Gasteiger partial charge on any atom is 0.389 e. The Bertz CT molecular complexity index is 1250. The van der Waals surface area contributed by atoms with Crippen molar-refractivity contribution >= 4 is 16.7 Å². The average Bonchev–Trinajstić information content (AvgIpc) is 3.22. The molecule has 1 aliphatic rings. The van der Waals surface area contributed by atoms with Gasteiger partial charge in [0.15, 0.2) is 0 Å². The molecule has 0 atom stereocenters. The van der Waals surface area contributed by atoms with Crippen LogP contribution in [0.2, 0.25) is 0 Å². The topological polar surface area (TPSA) is 101 Å². The second-order valence-corrected chi connectivity index (χ2v) is 8.86. The monoisotopic (exact) mass is 472 g/mol. The Hall–Kier alpha value is -3.32. The van der Waals surface area contributed by atoms with E-state index in [0.29, 0.717) is 17.1 Å². The van der Waals surface area contributed by atoms with E-state index in [-0.39, 0.29) is 18.9 Å². The fourth-order valence-corrected chi connectivity index (χ4v) is 4.52. The number of halogens is 3. The van der Waals surface area contributed by atoms with Crippen LogP contribution >= 0.6 is 0 Å². The molecular formula is C24H27F3N6O. The summed E-state index contributed by atoms with van der Waals surface area (Å²) in [6.07, 6.45) is -1.87. The zero-order valence-electron chi connectivity index (χ0n) is 18.9. The maximum atomic E-state index is 12.5. The molecule has 2 aromatic heterocycles. The quantitative estimate of drug-likeness (QED) is 0.474. The Morgan fingerprint density at radius 2 is 2.00 bits per heavy atom. The van der Waals surface area contributed by atoms with Crippen molar-refractivity contribution in [3.05, 3.63) is 57.3 Å². The predicted molar refractivity (Wildman–Crippen MR) is 124 cm³/mol. The van der Waals surface area contributed by atoms with Crippen LogP contribution < -0.4 is 11.0 Å². The summed E-state index contributed by atoms with van der Waals surface area (Å²) in [6.45, 7) is 4.58. The molecule has 1 aliphatic heterocycles. The van der Waals surface area contributed by atoms with Crippen LogP contribution in [-0.4, -0.2) is 45.2 Å². The van der Waals surface area contributed by atoms with Gasteiger partial charge >= 0.3 is 11.9 Å². The first kappa shape index (κ1) is 23.8. The molecule has 3 heterocycles. The summed E-state index contributed by atoms with van der Waals surface area (Å²) in [5.74, 6) is 0.475. The molecule has 1 aromatic carbocycles. The van der Waals surface area contributed by atoms with E-state index in [1.54, 1.807) is 0 Å². The molecule has 180 valence electrons. The first-order chi connectivity index (χ1) is 16.2. The molecule has 7 nitrogen and oxygen atoms in total. The van der Waals surface area contributed by atoms with E-state index < -0.39 is 18.3 Å². The number of nitriles is 1. The number of aromatic amines is 2. The Morgan fingerprint density at radius 3 is 2.71 bits per heavy atom. The van der Waals surface area contributed by atoms with Gasteiger partial charge in [-0.25, -0.2) is 9.78 Å². The highest BCUT2D eigenvalue weighted by molar-refractivity contribution is 5.85. The molecule has 34 heavy (non-hydrogen) atoms. The minimum atomic E-state index is -4.20. The summed E-state index contributed by atoms with van der Waals surface area (Å²) >= 11 is 0. The van der Waals surface area contributed by atoms with Gasteiger partial charge in [-0.1, -0.05) is 6.07 Å². The highest BCUT2D eigenvalue weighted by Gasteiger charge is 2.26. The minimum Gasteiger partial charge on any atom is -0.368 e. The lowest BCUT2D eigenvalue weighted by atomic mass is 10.0. The third-order valence-electron chi connectivity index (χ3n) is 6.43. The largest absolute Gasteiger partial charge is 0.389 e. The number of hydrogen-bond donors (Lipinski definition) is 3. The Morgan fingerprint density at radius 1 is 1.24 bits per heavy atom. The molecule has 0 unspecified atom stereocenters. The van der Waals surface area contributed by atoms with Gasteiger partial charge in [0.2, 0.25) is 0 Å². The van der Waals surface area contributed by atoms with E-state index in [1.807, 2.05) is 12.1 Å². The first-order valence-corrected chi connectivity index (χ1v) is 11.4. The molecule has 3 N–H and O–H groups in total. The molecule has 1 saturated heterocycles. The molecule has 10 heteroatoms. The highest BCUT2D eigenvalue weighted by Crippen LogP contribution is 2.26. The molecule has 0 spiro atoms. The predicted octanol–water partition coefficient (Wildman–Crippen LogP) is 4.39. The number of alkyl halides is 3. The second kappa shape index (κ2) is 9.89. The van der Waals surface area contributed by atoms with Gasteiger partial charge in [0.05, 0.1) is 0 Å². The zero-order chi connectivity index (χ0) is 24.3. The van der Waals surface area contributed by atoms with Crippen LogP contribution in [0.15, 0.2) is 29.2 Å². The number of likely N-dealkylation sites (tertiary alicyclic amines) is 1. The maximum absolute atomic E-state index is 12.5. The van der Waals surface area contributed by atoms with E-state index in [1.165, 1.54) is 11.8 Å². The molecule has 4 rings (SSSR count). The molecule has 0 radical (unpaired) electrons. The zero-order valence-corrected chi connectivity index (χ0v) is 18.9. The standard InChI is InChI=1S/C24H27F3N6O/c1-15-17(4-5-21-20(15)11-19(12-28)30-21)14-33-9-6-18(7-10-33)31-22-16(13-29-23(34)32-22)3-2-8-24(25,26)27/h4-5,11,13,18,30H,2-3,6-10,14H2,1H3,(H2,29,31,32,34). The van der Waals surface area contributed by atoms with Crippen molar-refractivity contribution in [2.45, 2.75) is 57.8 Å². The third kappa shape index (κ3) is 5.78. The second-order valence-electron chi connectivity index (χ2n) is 8.86. The average molecular weight is 473 g/mol. The van der Waals surface area contributed by atoms with E-state index >= 15 is 0 Å². The number of piperidine rings is 1. The lowest BCUT2D eigenvalue weighted by Crippen LogP contribution is -2.39. The summed E-state index contributed by atoms with van der Waals surface area (Å²) in [6, 6.07) is 8.24.